The highest BCUT2D eigenvalue weighted by Gasteiger charge is 2.11. The zero-order valence-electron chi connectivity index (χ0n) is 16.6. The lowest BCUT2D eigenvalue weighted by Crippen LogP contribution is -2.13. The Hall–Kier alpha value is -3.51. The van der Waals surface area contributed by atoms with Crippen LogP contribution in [0.15, 0.2) is 71.1 Å². The summed E-state index contributed by atoms with van der Waals surface area (Å²) < 4.78 is 11.1. The summed E-state index contributed by atoms with van der Waals surface area (Å²) in [6, 6.07) is 20.3. The number of carbonyl (C=O) groups excluding carboxylic acids is 1. The van der Waals surface area contributed by atoms with Crippen LogP contribution in [0.4, 0.5) is 16.2 Å². The van der Waals surface area contributed by atoms with Gasteiger partial charge in [0, 0.05) is 36.1 Å². The smallest absolute Gasteiger partial charge is 0.411 e. The zero-order valence-corrected chi connectivity index (χ0v) is 17.3. The first-order valence-corrected chi connectivity index (χ1v) is 9.72. The van der Waals surface area contributed by atoms with Crippen molar-refractivity contribution in [2.24, 2.45) is 0 Å². The van der Waals surface area contributed by atoms with Crippen LogP contribution in [0.5, 0.6) is 0 Å². The second kappa shape index (κ2) is 8.47. The van der Waals surface area contributed by atoms with Crippen LogP contribution in [0.25, 0.3) is 22.6 Å². The molecule has 0 atom stereocenters. The van der Waals surface area contributed by atoms with E-state index in [0.717, 1.165) is 16.8 Å². The van der Waals surface area contributed by atoms with Gasteiger partial charge in [-0.05, 0) is 60.2 Å². The number of benzene rings is 3. The van der Waals surface area contributed by atoms with E-state index in [0.29, 0.717) is 27.7 Å². The van der Waals surface area contributed by atoms with Gasteiger partial charge in [0.1, 0.15) is 12.1 Å². The third-order valence-electron chi connectivity index (χ3n) is 4.55. The molecule has 1 amide bonds. The van der Waals surface area contributed by atoms with Crippen LogP contribution in [0.2, 0.25) is 5.02 Å². The summed E-state index contributed by atoms with van der Waals surface area (Å²) in [5.41, 5.74) is 4.70. The second-order valence-electron chi connectivity index (χ2n) is 6.97. The number of carbonyl (C=O) groups is 1. The summed E-state index contributed by atoms with van der Waals surface area (Å²) in [7, 11) is 3.98. The molecule has 0 unspecified atom stereocenters. The molecule has 0 aliphatic heterocycles. The number of fused-ring (bicyclic) bond motifs is 1. The highest BCUT2D eigenvalue weighted by Crippen LogP contribution is 2.27. The first kappa shape index (κ1) is 19.8. The maximum atomic E-state index is 12.1. The van der Waals surface area contributed by atoms with Gasteiger partial charge >= 0.3 is 6.09 Å². The molecule has 1 aromatic heterocycles. The number of hydrogen-bond donors (Lipinski definition) is 1. The first-order chi connectivity index (χ1) is 14.5. The van der Waals surface area contributed by atoms with Crippen molar-refractivity contribution in [3.05, 3.63) is 77.3 Å². The standard InChI is InChI=1S/C23H20ClN3O3/c1-27(2)19-10-5-16(6-11-19)22-26-20-13-18(9-12-21(20)30-22)25-23(28)29-14-15-3-7-17(24)8-4-15/h3-13H,14H2,1-2H3,(H,25,28). The molecule has 0 saturated carbocycles. The lowest BCUT2D eigenvalue weighted by atomic mass is 10.2. The van der Waals surface area contributed by atoms with Crippen molar-refractivity contribution in [3.63, 3.8) is 0 Å². The van der Waals surface area contributed by atoms with Gasteiger partial charge in [0.05, 0.1) is 0 Å². The van der Waals surface area contributed by atoms with Crippen molar-refractivity contribution in [1.29, 1.82) is 0 Å². The number of oxazole rings is 1. The van der Waals surface area contributed by atoms with E-state index < -0.39 is 6.09 Å². The van der Waals surface area contributed by atoms with Crippen LogP contribution in [0.1, 0.15) is 5.56 Å². The van der Waals surface area contributed by atoms with Crippen LogP contribution in [-0.4, -0.2) is 25.2 Å². The molecule has 3 aromatic carbocycles. The molecule has 4 rings (SSSR count). The van der Waals surface area contributed by atoms with Gasteiger partial charge in [0.25, 0.3) is 0 Å². The number of ether oxygens (including phenoxy) is 1. The van der Waals surface area contributed by atoms with Crippen LogP contribution < -0.4 is 10.2 Å². The van der Waals surface area contributed by atoms with Crippen LogP contribution in [0.3, 0.4) is 0 Å². The Kier molecular flexibility index (Phi) is 5.59. The molecule has 0 aliphatic rings. The van der Waals surface area contributed by atoms with Gasteiger partial charge in [-0.1, -0.05) is 23.7 Å². The number of aromatic nitrogens is 1. The maximum absolute atomic E-state index is 12.1. The van der Waals surface area contributed by atoms with E-state index in [1.807, 2.05) is 55.4 Å². The van der Waals surface area contributed by atoms with Gasteiger partial charge in [-0.2, -0.15) is 0 Å². The normalized spacial score (nSPS) is 10.8. The largest absolute Gasteiger partial charge is 0.444 e. The molecule has 0 spiro atoms. The Morgan fingerprint density at radius 2 is 1.80 bits per heavy atom. The van der Waals surface area contributed by atoms with Gasteiger partial charge in [-0.25, -0.2) is 9.78 Å². The molecule has 152 valence electrons. The number of anilines is 2. The average molecular weight is 422 g/mol. The minimum absolute atomic E-state index is 0.155. The predicted molar refractivity (Wildman–Crippen MR) is 119 cm³/mol. The SMILES string of the molecule is CN(C)c1ccc(-c2nc3cc(NC(=O)OCc4ccc(Cl)cc4)ccc3o2)cc1. The molecule has 4 aromatic rings. The molecular weight excluding hydrogens is 402 g/mol. The molecule has 7 heteroatoms. The topological polar surface area (TPSA) is 67.6 Å². The Balaban J connectivity index is 1.44. The number of nitrogens with one attached hydrogen (secondary N) is 1. The summed E-state index contributed by atoms with van der Waals surface area (Å²) in [6.07, 6.45) is -0.549. The van der Waals surface area contributed by atoms with E-state index in [2.05, 4.69) is 10.3 Å². The quantitative estimate of drug-likeness (QED) is 0.430. The summed E-state index contributed by atoms with van der Waals surface area (Å²) in [6.45, 7) is 0.155. The van der Waals surface area contributed by atoms with E-state index in [1.165, 1.54) is 0 Å². The minimum Gasteiger partial charge on any atom is -0.444 e. The number of hydrogen-bond acceptors (Lipinski definition) is 5. The third kappa shape index (κ3) is 4.55. The van der Waals surface area contributed by atoms with E-state index in [4.69, 9.17) is 20.8 Å². The Bertz CT molecular complexity index is 1170. The van der Waals surface area contributed by atoms with Crippen molar-refractivity contribution >= 4 is 40.2 Å². The van der Waals surface area contributed by atoms with Gasteiger partial charge in [-0.3, -0.25) is 5.32 Å². The number of nitrogens with zero attached hydrogens (tertiary/aromatic N) is 2. The van der Waals surface area contributed by atoms with Gasteiger partial charge in [-0.15, -0.1) is 0 Å². The van der Waals surface area contributed by atoms with Crippen molar-refractivity contribution in [2.45, 2.75) is 6.61 Å². The van der Waals surface area contributed by atoms with E-state index in [1.54, 1.807) is 30.3 Å². The summed E-state index contributed by atoms with van der Waals surface area (Å²) in [5.74, 6) is 0.526. The monoisotopic (exact) mass is 421 g/mol. The zero-order chi connectivity index (χ0) is 21.1. The predicted octanol–water partition coefficient (Wildman–Crippen LogP) is 5.96. The third-order valence-corrected chi connectivity index (χ3v) is 4.80. The lowest BCUT2D eigenvalue weighted by Gasteiger charge is -2.11. The molecular formula is C23H20ClN3O3. The van der Waals surface area contributed by atoms with E-state index in [9.17, 15) is 4.79 Å². The Labute approximate surface area is 179 Å². The van der Waals surface area contributed by atoms with Gasteiger partial charge < -0.3 is 14.1 Å². The molecule has 0 aliphatic carbocycles. The van der Waals surface area contributed by atoms with Crippen LogP contribution in [-0.2, 0) is 11.3 Å². The Morgan fingerprint density at radius 3 is 2.50 bits per heavy atom. The van der Waals surface area contributed by atoms with E-state index in [-0.39, 0.29) is 6.61 Å². The molecule has 30 heavy (non-hydrogen) atoms. The van der Waals surface area contributed by atoms with Crippen LogP contribution in [0, 0.1) is 0 Å². The van der Waals surface area contributed by atoms with Crippen molar-refractivity contribution in [1.82, 2.24) is 4.98 Å². The molecule has 0 bridgehead atoms. The van der Waals surface area contributed by atoms with Gasteiger partial charge in [0.15, 0.2) is 5.58 Å². The first-order valence-electron chi connectivity index (χ1n) is 9.34. The number of rotatable bonds is 5. The molecule has 0 fully saturated rings. The fourth-order valence-corrected chi connectivity index (χ4v) is 3.04. The number of amides is 1. The lowest BCUT2D eigenvalue weighted by molar-refractivity contribution is 0.155. The maximum Gasteiger partial charge on any atom is 0.411 e. The fourth-order valence-electron chi connectivity index (χ4n) is 2.91. The Morgan fingerprint density at radius 1 is 1.07 bits per heavy atom. The number of halogens is 1. The summed E-state index contributed by atoms with van der Waals surface area (Å²) >= 11 is 5.85. The molecule has 6 nitrogen and oxygen atoms in total. The van der Waals surface area contributed by atoms with Crippen molar-refractivity contribution in [3.8, 4) is 11.5 Å². The molecule has 0 saturated heterocycles. The summed E-state index contributed by atoms with van der Waals surface area (Å²) in [4.78, 5) is 18.7. The molecule has 0 radical (unpaired) electrons. The molecule has 1 N–H and O–H groups in total. The molecule has 1 heterocycles. The average Bonchev–Trinajstić information content (AvgIpc) is 3.17. The second-order valence-corrected chi connectivity index (χ2v) is 7.41. The summed E-state index contributed by atoms with van der Waals surface area (Å²) in [5, 5.41) is 3.35. The highest BCUT2D eigenvalue weighted by molar-refractivity contribution is 6.30. The fraction of sp³-hybridized carbons (Fsp3) is 0.130. The van der Waals surface area contributed by atoms with Crippen molar-refractivity contribution < 1.29 is 13.9 Å². The van der Waals surface area contributed by atoms with E-state index >= 15 is 0 Å². The van der Waals surface area contributed by atoms with Crippen LogP contribution >= 0.6 is 11.6 Å². The van der Waals surface area contributed by atoms with Gasteiger partial charge in [0.2, 0.25) is 5.89 Å². The highest BCUT2D eigenvalue weighted by atomic mass is 35.5. The minimum atomic E-state index is -0.549. The van der Waals surface area contributed by atoms with Crippen molar-refractivity contribution in [2.75, 3.05) is 24.3 Å².